The molecule has 0 aliphatic heterocycles. The van der Waals surface area contributed by atoms with Crippen LogP contribution in [0.25, 0.3) is 0 Å². The molecule has 2 unspecified atom stereocenters. The quantitative estimate of drug-likeness (QED) is 0.673. The van der Waals surface area contributed by atoms with Gasteiger partial charge in [-0.2, -0.15) is 0 Å². The zero-order chi connectivity index (χ0) is 13.1. The second-order valence-electron chi connectivity index (χ2n) is 4.15. The van der Waals surface area contributed by atoms with Gasteiger partial charge in [0.25, 0.3) is 0 Å². The first-order valence-electron chi connectivity index (χ1n) is 5.59. The molecule has 0 aliphatic rings. The van der Waals surface area contributed by atoms with Crippen LogP contribution < -0.4 is 0 Å². The maximum Gasteiger partial charge on any atom is 0.124 e. The molecule has 2 aromatic rings. The minimum Gasteiger partial charge on any atom is -0.261 e. The summed E-state index contributed by atoms with van der Waals surface area (Å²) in [6.45, 7) is 2.07. The summed E-state index contributed by atoms with van der Waals surface area (Å²) in [5.41, 5.74) is 1.89. The van der Waals surface area contributed by atoms with Gasteiger partial charge >= 0.3 is 0 Å². The van der Waals surface area contributed by atoms with Crippen molar-refractivity contribution in [2.75, 3.05) is 0 Å². The Bertz CT molecular complexity index is 510. The van der Waals surface area contributed by atoms with Gasteiger partial charge in [0.15, 0.2) is 0 Å². The lowest BCUT2D eigenvalue weighted by Crippen LogP contribution is -2.04. The van der Waals surface area contributed by atoms with Crippen LogP contribution in [0.5, 0.6) is 0 Å². The number of pyridine rings is 1. The predicted octanol–water partition coefficient (Wildman–Crippen LogP) is 5.22. The number of alkyl halides is 1. The van der Waals surface area contributed by atoms with Crippen LogP contribution in [0.15, 0.2) is 47.1 Å². The fraction of sp³-hybridized carbons (Fsp3) is 0.214. The number of benzene rings is 1. The molecule has 1 heterocycles. The summed E-state index contributed by atoms with van der Waals surface area (Å²) in [7, 11) is 0. The molecule has 0 aliphatic carbocycles. The smallest absolute Gasteiger partial charge is 0.124 e. The van der Waals surface area contributed by atoms with E-state index in [-0.39, 0.29) is 16.6 Å². The Morgan fingerprint density at radius 2 is 2.00 bits per heavy atom. The standard InChI is InChI=1S/C14H12Br2FN/c1-9(13-4-2-3-5-18-13)14(16)10-6-11(15)8-12(17)7-10/h2-9,14H,1H3. The lowest BCUT2D eigenvalue weighted by Gasteiger charge is -2.18. The van der Waals surface area contributed by atoms with Gasteiger partial charge in [0.2, 0.25) is 0 Å². The molecule has 1 aromatic heterocycles. The van der Waals surface area contributed by atoms with Crippen molar-refractivity contribution < 1.29 is 4.39 Å². The summed E-state index contributed by atoms with van der Waals surface area (Å²) in [6.07, 6.45) is 1.77. The highest BCUT2D eigenvalue weighted by Gasteiger charge is 2.19. The Balaban J connectivity index is 2.28. The third kappa shape index (κ3) is 3.18. The molecule has 1 aromatic carbocycles. The van der Waals surface area contributed by atoms with E-state index in [2.05, 4.69) is 43.8 Å². The summed E-state index contributed by atoms with van der Waals surface area (Å²) < 4.78 is 14.1. The summed E-state index contributed by atoms with van der Waals surface area (Å²) >= 11 is 6.94. The van der Waals surface area contributed by atoms with E-state index < -0.39 is 0 Å². The number of hydrogen-bond donors (Lipinski definition) is 0. The zero-order valence-corrected chi connectivity index (χ0v) is 12.9. The van der Waals surface area contributed by atoms with Crippen molar-refractivity contribution >= 4 is 31.9 Å². The van der Waals surface area contributed by atoms with Crippen molar-refractivity contribution in [1.29, 1.82) is 0 Å². The third-order valence-corrected chi connectivity index (χ3v) is 4.58. The van der Waals surface area contributed by atoms with E-state index in [0.717, 1.165) is 15.7 Å². The SMILES string of the molecule is CC(c1ccccn1)C(Br)c1cc(F)cc(Br)c1. The van der Waals surface area contributed by atoms with E-state index in [4.69, 9.17) is 0 Å². The summed E-state index contributed by atoms with van der Waals surface area (Å²) in [5, 5.41) is 0. The number of hydrogen-bond acceptors (Lipinski definition) is 1. The molecule has 0 radical (unpaired) electrons. The first-order chi connectivity index (χ1) is 8.58. The Kier molecular flexibility index (Phi) is 4.51. The van der Waals surface area contributed by atoms with Crippen LogP contribution in [0, 0.1) is 5.82 Å². The van der Waals surface area contributed by atoms with Gasteiger partial charge in [0.1, 0.15) is 5.82 Å². The normalized spacial score (nSPS) is 14.2. The van der Waals surface area contributed by atoms with Gasteiger partial charge in [-0.3, -0.25) is 4.98 Å². The zero-order valence-electron chi connectivity index (χ0n) is 9.78. The molecular weight excluding hydrogens is 361 g/mol. The van der Waals surface area contributed by atoms with Crippen molar-refractivity contribution in [3.8, 4) is 0 Å². The van der Waals surface area contributed by atoms with Crippen molar-refractivity contribution in [2.45, 2.75) is 17.7 Å². The fourth-order valence-electron chi connectivity index (χ4n) is 1.82. The van der Waals surface area contributed by atoms with Crippen LogP contribution in [-0.2, 0) is 0 Å². The van der Waals surface area contributed by atoms with Crippen molar-refractivity contribution in [1.82, 2.24) is 4.98 Å². The molecule has 2 atom stereocenters. The van der Waals surface area contributed by atoms with E-state index in [9.17, 15) is 4.39 Å². The molecule has 94 valence electrons. The fourth-order valence-corrected chi connectivity index (χ4v) is 2.84. The average Bonchev–Trinajstić information content (AvgIpc) is 2.37. The molecule has 18 heavy (non-hydrogen) atoms. The predicted molar refractivity (Wildman–Crippen MR) is 78.4 cm³/mol. The molecule has 0 bridgehead atoms. The molecule has 4 heteroatoms. The summed E-state index contributed by atoms with van der Waals surface area (Å²) in [5.74, 6) is -0.0723. The monoisotopic (exact) mass is 371 g/mol. The number of nitrogens with zero attached hydrogens (tertiary/aromatic N) is 1. The van der Waals surface area contributed by atoms with E-state index in [1.807, 2.05) is 24.3 Å². The van der Waals surface area contributed by atoms with Gasteiger partial charge < -0.3 is 0 Å². The highest BCUT2D eigenvalue weighted by Crippen LogP contribution is 2.37. The Morgan fingerprint density at radius 1 is 1.22 bits per heavy atom. The molecular formula is C14H12Br2FN. The second kappa shape index (κ2) is 5.93. The number of halogens is 3. The van der Waals surface area contributed by atoms with E-state index in [0.29, 0.717) is 0 Å². The maximum absolute atomic E-state index is 13.4. The number of rotatable bonds is 3. The first kappa shape index (κ1) is 13.7. The van der Waals surface area contributed by atoms with Crippen LogP contribution in [0.4, 0.5) is 4.39 Å². The average molecular weight is 373 g/mol. The molecule has 0 spiro atoms. The van der Waals surface area contributed by atoms with E-state index in [1.54, 1.807) is 12.3 Å². The van der Waals surface area contributed by atoms with E-state index >= 15 is 0 Å². The molecule has 0 N–H and O–H groups in total. The lowest BCUT2D eigenvalue weighted by molar-refractivity contribution is 0.621. The van der Waals surface area contributed by atoms with Crippen LogP contribution in [0.2, 0.25) is 0 Å². The molecule has 0 amide bonds. The molecule has 0 fully saturated rings. The molecule has 2 rings (SSSR count). The minimum atomic E-state index is -0.239. The van der Waals surface area contributed by atoms with Crippen LogP contribution in [0.3, 0.4) is 0 Å². The van der Waals surface area contributed by atoms with Crippen molar-refractivity contribution in [3.05, 3.63) is 64.1 Å². The van der Waals surface area contributed by atoms with Crippen LogP contribution in [0.1, 0.15) is 28.9 Å². The van der Waals surface area contributed by atoms with E-state index in [1.165, 1.54) is 6.07 Å². The van der Waals surface area contributed by atoms with Gasteiger partial charge in [-0.15, -0.1) is 0 Å². The molecule has 1 nitrogen and oxygen atoms in total. The second-order valence-corrected chi connectivity index (χ2v) is 6.05. The summed E-state index contributed by atoms with van der Waals surface area (Å²) in [4.78, 5) is 4.36. The van der Waals surface area contributed by atoms with Crippen LogP contribution >= 0.6 is 31.9 Å². The van der Waals surface area contributed by atoms with Gasteiger partial charge in [-0.05, 0) is 35.9 Å². The van der Waals surface area contributed by atoms with Gasteiger partial charge in [0, 0.05) is 27.1 Å². The topological polar surface area (TPSA) is 12.9 Å². The summed E-state index contributed by atoms with van der Waals surface area (Å²) in [6, 6.07) is 10.7. The Hall–Kier alpha value is -0.740. The highest BCUT2D eigenvalue weighted by atomic mass is 79.9. The molecule has 0 saturated heterocycles. The van der Waals surface area contributed by atoms with Crippen molar-refractivity contribution in [2.24, 2.45) is 0 Å². The Morgan fingerprint density at radius 3 is 2.61 bits per heavy atom. The van der Waals surface area contributed by atoms with Crippen molar-refractivity contribution in [3.63, 3.8) is 0 Å². The highest BCUT2D eigenvalue weighted by molar-refractivity contribution is 9.10. The third-order valence-electron chi connectivity index (χ3n) is 2.80. The Labute approximate surface area is 123 Å². The largest absolute Gasteiger partial charge is 0.261 e. The van der Waals surface area contributed by atoms with Gasteiger partial charge in [-0.25, -0.2) is 4.39 Å². The molecule has 0 saturated carbocycles. The first-order valence-corrected chi connectivity index (χ1v) is 7.30. The van der Waals surface area contributed by atoms with Crippen LogP contribution in [-0.4, -0.2) is 4.98 Å². The minimum absolute atomic E-state index is 0.0272. The number of aromatic nitrogens is 1. The van der Waals surface area contributed by atoms with Gasteiger partial charge in [-0.1, -0.05) is 44.8 Å². The lowest BCUT2D eigenvalue weighted by atomic mass is 9.97. The van der Waals surface area contributed by atoms with Gasteiger partial charge in [0.05, 0.1) is 0 Å². The maximum atomic E-state index is 13.4.